The standard InChI is InChI=1S/C16H11F3N6S/c1-8-2-3-9(5-21-8)14-24-25-12(7-23-15(25)26-14)10-4-11(16(17,18)19)13(20)22-6-10/h2-7H,1H3,(H2,20,22). The molecule has 0 bridgehead atoms. The third-order valence-corrected chi connectivity index (χ3v) is 4.74. The largest absolute Gasteiger partial charge is 0.419 e. The van der Waals surface area contributed by atoms with Crippen molar-refractivity contribution in [3.63, 3.8) is 0 Å². The highest BCUT2D eigenvalue weighted by Gasteiger charge is 2.34. The molecule has 0 aliphatic heterocycles. The maximum atomic E-state index is 13.1. The molecule has 0 spiro atoms. The predicted molar refractivity (Wildman–Crippen MR) is 91.5 cm³/mol. The molecule has 0 aromatic carbocycles. The van der Waals surface area contributed by atoms with Gasteiger partial charge >= 0.3 is 6.18 Å². The van der Waals surface area contributed by atoms with Crippen LogP contribution in [0.5, 0.6) is 0 Å². The first kappa shape index (κ1) is 16.5. The van der Waals surface area contributed by atoms with E-state index in [0.29, 0.717) is 15.7 Å². The van der Waals surface area contributed by atoms with Crippen molar-refractivity contribution in [1.29, 1.82) is 0 Å². The Bertz CT molecular complexity index is 1100. The van der Waals surface area contributed by atoms with Gasteiger partial charge in [0.25, 0.3) is 0 Å². The van der Waals surface area contributed by atoms with Crippen molar-refractivity contribution < 1.29 is 13.2 Å². The average Bonchev–Trinajstić information content (AvgIpc) is 3.15. The molecule has 0 amide bonds. The summed E-state index contributed by atoms with van der Waals surface area (Å²) < 4.78 is 40.7. The van der Waals surface area contributed by atoms with Crippen molar-refractivity contribution in [1.82, 2.24) is 24.6 Å². The van der Waals surface area contributed by atoms with Crippen LogP contribution in [0.25, 0.3) is 26.8 Å². The fourth-order valence-corrected chi connectivity index (χ4v) is 3.31. The van der Waals surface area contributed by atoms with Gasteiger partial charge in [0.2, 0.25) is 4.96 Å². The topological polar surface area (TPSA) is 82.0 Å². The lowest BCUT2D eigenvalue weighted by atomic mass is 10.1. The lowest BCUT2D eigenvalue weighted by molar-refractivity contribution is -0.137. The molecule has 2 N–H and O–H groups in total. The zero-order valence-electron chi connectivity index (χ0n) is 13.3. The third-order valence-electron chi connectivity index (χ3n) is 3.76. The summed E-state index contributed by atoms with van der Waals surface area (Å²) in [6.07, 6.45) is -0.151. The van der Waals surface area contributed by atoms with Gasteiger partial charge in [-0.15, -0.1) is 0 Å². The second-order valence-electron chi connectivity index (χ2n) is 5.59. The number of rotatable bonds is 2. The summed E-state index contributed by atoms with van der Waals surface area (Å²) in [5.41, 5.74) is 6.70. The summed E-state index contributed by atoms with van der Waals surface area (Å²) in [4.78, 5) is 12.7. The van der Waals surface area contributed by atoms with Crippen LogP contribution in [0.4, 0.5) is 19.0 Å². The number of nitrogens with two attached hydrogens (primary N) is 1. The molecule has 0 saturated heterocycles. The van der Waals surface area contributed by atoms with E-state index in [4.69, 9.17) is 5.73 Å². The van der Waals surface area contributed by atoms with E-state index in [1.807, 2.05) is 19.1 Å². The minimum atomic E-state index is -4.59. The van der Waals surface area contributed by atoms with E-state index in [-0.39, 0.29) is 5.56 Å². The summed E-state index contributed by atoms with van der Waals surface area (Å²) in [7, 11) is 0. The van der Waals surface area contributed by atoms with Crippen molar-refractivity contribution in [2.45, 2.75) is 13.1 Å². The first-order valence-corrected chi connectivity index (χ1v) is 8.25. The van der Waals surface area contributed by atoms with Crippen LogP contribution in [0, 0.1) is 6.92 Å². The number of pyridine rings is 2. The maximum absolute atomic E-state index is 13.1. The Labute approximate surface area is 149 Å². The lowest BCUT2D eigenvalue weighted by Gasteiger charge is -2.10. The molecule has 0 radical (unpaired) electrons. The molecule has 4 rings (SSSR count). The molecule has 10 heteroatoms. The molecule has 6 nitrogen and oxygen atoms in total. The van der Waals surface area contributed by atoms with Crippen molar-refractivity contribution in [2.24, 2.45) is 0 Å². The van der Waals surface area contributed by atoms with Gasteiger partial charge in [0.15, 0.2) is 0 Å². The Hall–Kier alpha value is -3.01. The SMILES string of the molecule is Cc1ccc(-c2nn3c(-c4cnc(N)c(C(F)(F)F)c4)cnc3s2)cn1. The molecule has 132 valence electrons. The van der Waals surface area contributed by atoms with E-state index in [9.17, 15) is 13.2 Å². The number of imidazole rings is 1. The van der Waals surface area contributed by atoms with E-state index in [2.05, 4.69) is 20.1 Å². The molecule has 0 saturated carbocycles. The summed E-state index contributed by atoms with van der Waals surface area (Å²) in [5, 5.41) is 5.12. The molecule has 4 heterocycles. The van der Waals surface area contributed by atoms with Gasteiger partial charge in [-0.1, -0.05) is 11.3 Å². The van der Waals surface area contributed by atoms with Gasteiger partial charge in [-0.05, 0) is 25.1 Å². The lowest BCUT2D eigenvalue weighted by Crippen LogP contribution is -2.10. The number of hydrogen-bond donors (Lipinski definition) is 1. The molecule has 0 aliphatic carbocycles. The van der Waals surface area contributed by atoms with Crippen LogP contribution < -0.4 is 5.73 Å². The number of aromatic nitrogens is 5. The summed E-state index contributed by atoms with van der Waals surface area (Å²) in [6, 6.07) is 4.70. The Kier molecular flexibility index (Phi) is 3.65. The van der Waals surface area contributed by atoms with Gasteiger partial charge in [0.1, 0.15) is 10.8 Å². The molecular formula is C16H11F3N6S. The Morgan fingerprint density at radius 3 is 2.50 bits per heavy atom. The number of hydrogen-bond acceptors (Lipinski definition) is 6. The van der Waals surface area contributed by atoms with Gasteiger partial charge in [0.05, 0.1) is 17.5 Å². The van der Waals surface area contributed by atoms with Crippen LogP contribution >= 0.6 is 11.3 Å². The molecule has 4 aromatic rings. The highest BCUT2D eigenvalue weighted by Crippen LogP contribution is 2.36. The predicted octanol–water partition coefficient (Wildman–Crippen LogP) is 3.82. The van der Waals surface area contributed by atoms with Gasteiger partial charge in [-0.25, -0.2) is 14.5 Å². The Balaban J connectivity index is 1.82. The monoisotopic (exact) mass is 376 g/mol. The highest BCUT2D eigenvalue weighted by atomic mass is 32.1. The smallest absolute Gasteiger partial charge is 0.383 e. The van der Waals surface area contributed by atoms with Gasteiger partial charge < -0.3 is 5.73 Å². The minimum Gasteiger partial charge on any atom is -0.383 e. The molecule has 0 atom stereocenters. The average molecular weight is 376 g/mol. The molecule has 26 heavy (non-hydrogen) atoms. The van der Waals surface area contributed by atoms with E-state index in [1.54, 1.807) is 6.20 Å². The van der Waals surface area contributed by atoms with Gasteiger partial charge in [-0.3, -0.25) is 4.98 Å². The van der Waals surface area contributed by atoms with E-state index < -0.39 is 17.6 Å². The first-order chi connectivity index (χ1) is 12.3. The third kappa shape index (κ3) is 2.77. The first-order valence-electron chi connectivity index (χ1n) is 7.43. The summed E-state index contributed by atoms with van der Waals surface area (Å²) >= 11 is 1.32. The zero-order chi connectivity index (χ0) is 18.5. The van der Waals surface area contributed by atoms with Crippen molar-refractivity contribution >= 4 is 22.1 Å². The summed E-state index contributed by atoms with van der Waals surface area (Å²) in [6.45, 7) is 1.88. The molecule has 4 aromatic heterocycles. The van der Waals surface area contributed by atoms with Crippen LogP contribution in [-0.4, -0.2) is 24.6 Å². The van der Waals surface area contributed by atoms with Crippen LogP contribution in [0.15, 0.2) is 36.8 Å². The fourth-order valence-electron chi connectivity index (χ4n) is 2.44. The number of halogens is 3. The number of aryl methyl sites for hydroxylation is 1. The number of nitrogen functional groups attached to an aromatic ring is 1. The number of nitrogens with zero attached hydrogens (tertiary/aromatic N) is 5. The molecule has 0 fully saturated rings. The van der Waals surface area contributed by atoms with E-state index in [1.165, 1.54) is 28.2 Å². The van der Waals surface area contributed by atoms with E-state index in [0.717, 1.165) is 17.3 Å². The Morgan fingerprint density at radius 1 is 1.04 bits per heavy atom. The molecule has 0 aliphatic rings. The van der Waals surface area contributed by atoms with Crippen LogP contribution in [-0.2, 0) is 6.18 Å². The van der Waals surface area contributed by atoms with Gasteiger partial charge in [-0.2, -0.15) is 18.3 Å². The van der Waals surface area contributed by atoms with Gasteiger partial charge in [0, 0.05) is 29.2 Å². The van der Waals surface area contributed by atoms with Crippen LogP contribution in [0.3, 0.4) is 0 Å². The molecule has 0 unspecified atom stereocenters. The second kappa shape index (κ2) is 5.77. The fraction of sp³-hybridized carbons (Fsp3) is 0.125. The normalized spacial score (nSPS) is 12.0. The minimum absolute atomic E-state index is 0.234. The highest BCUT2D eigenvalue weighted by molar-refractivity contribution is 7.19. The quantitative estimate of drug-likeness (QED) is 0.575. The maximum Gasteiger partial charge on any atom is 0.419 e. The van der Waals surface area contributed by atoms with Crippen molar-refractivity contribution in [3.05, 3.63) is 48.0 Å². The van der Waals surface area contributed by atoms with Crippen LogP contribution in [0.1, 0.15) is 11.3 Å². The van der Waals surface area contributed by atoms with Crippen molar-refractivity contribution in [3.8, 4) is 21.8 Å². The molecular weight excluding hydrogens is 365 g/mol. The number of fused-ring (bicyclic) bond motifs is 1. The summed E-state index contributed by atoms with van der Waals surface area (Å²) in [5.74, 6) is -0.563. The van der Waals surface area contributed by atoms with E-state index >= 15 is 0 Å². The zero-order valence-corrected chi connectivity index (χ0v) is 14.1. The number of anilines is 1. The second-order valence-corrected chi connectivity index (χ2v) is 6.54. The van der Waals surface area contributed by atoms with Crippen molar-refractivity contribution in [2.75, 3.05) is 5.73 Å². The Morgan fingerprint density at radius 2 is 1.81 bits per heavy atom. The number of alkyl halides is 3. The van der Waals surface area contributed by atoms with Crippen LogP contribution in [0.2, 0.25) is 0 Å².